The zero-order valence-electron chi connectivity index (χ0n) is 15.8. The monoisotopic (exact) mass is 432 g/mol. The van der Waals surface area contributed by atoms with E-state index in [0.29, 0.717) is 11.7 Å². The van der Waals surface area contributed by atoms with E-state index in [1.54, 1.807) is 19.1 Å². The second-order valence-corrected chi connectivity index (χ2v) is 7.76. The Balaban J connectivity index is 1.78. The van der Waals surface area contributed by atoms with E-state index in [0.717, 1.165) is 16.5 Å². The van der Waals surface area contributed by atoms with Crippen molar-refractivity contribution in [1.82, 2.24) is 10.9 Å². The van der Waals surface area contributed by atoms with Crippen molar-refractivity contribution in [3.63, 3.8) is 0 Å². The van der Waals surface area contributed by atoms with E-state index in [1.165, 1.54) is 5.56 Å². The number of benzene rings is 2. The first-order chi connectivity index (χ1) is 12.8. The molecule has 5 nitrogen and oxygen atoms in total. The summed E-state index contributed by atoms with van der Waals surface area (Å²) in [6.07, 6.45) is 1.01. The quantitative estimate of drug-likeness (QED) is 0.650. The fourth-order valence-electron chi connectivity index (χ4n) is 2.52. The topological polar surface area (TPSA) is 67.4 Å². The molecule has 2 N–H and O–H groups in total. The van der Waals surface area contributed by atoms with Gasteiger partial charge in [0.2, 0.25) is 5.91 Å². The van der Waals surface area contributed by atoms with Gasteiger partial charge in [-0.15, -0.1) is 0 Å². The van der Waals surface area contributed by atoms with Crippen LogP contribution in [0.25, 0.3) is 0 Å². The van der Waals surface area contributed by atoms with E-state index < -0.39 is 5.91 Å². The minimum absolute atomic E-state index is 0.180. The molecule has 2 amide bonds. The predicted molar refractivity (Wildman–Crippen MR) is 109 cm³/mol. The Hall–Kier alpha value is -2.34. The lowest BCUT2D eigenvalue weighted by Gasteiger charge is -2.14. The zero-order valence-corrected chi connectivity index (χ0v) is 17.4. The Morgan fingerprint density at radius 1 is 0.963 bits per heavy atom. The average molecular weight is 433 g/mol. The highest BCUT2D eigenvalue weighted by atomic mass is 79.9. The second-order valence-electron chi connectivity index (χ2n) is 6.84. The van der Waals surface area contributed by atoms with Gasteiger partial charge in [0.25, 0.3) is 5.91 Å². The van der Waals surface area contributed by atoms with Crippen LogP contribution in [0.3, 0.4) is 0 Å². The van der Waals surface area contributed by atoms with Crippen LogP contribution in [0.15, 0.2) is 53.0 Å². The molecule has 0 saturated heterocycles. The molecule has 0 aliphatic rings. The van der Waals surface area contributed by atoms with E-state index in [4.69, 9.17) is 4.74 Å². The minimum atomic E-state index is -0.425. The van der Waals surface area contributed by atoms with Gasteiger partial charge in [0.15, 0.2) is 6.61 Å². The van der Waals surface area contributed by atoms with E-state index in [9.17, 15) is 9.59 Å². The Bertz CT molecular complexity index is 758. The van der Waals surface area contributed by atoms with E-state index in [1.807, 2.05) is 36.4 Å². The smallest absolute Gasteiger partial charge is 0.276 e. The van der Waals surface area contributed by atoms with Crippen molar-refractivity contribution in [1.29, 1.82) is 0 Å². The van der Waals surface area contributed by atoms with Gasteiger partial charge in [0.1, 0.15) is 5.75 Å². The Morgan fingerprint density at radius 2 is 1.59 bits per heavy atom. The maximum absolute atomic E-state index is 12.3. The summed E-state index contributed by atoms with van der Waals surface area (Å²) < 4.78 is 6.29. The molecule has 0 fully saturated rings. The lowest BCUT2D eigenvalue weighted by atomic mass is 9.96. The van der Waals surface area contributed by atoms with Crippen LogP contribution in [0.4, 0.5) is 0 Å². The van der Waals surface area contributed by atoms with Crippen molar-refractivity contribution in [3.8, 4) is 5.75 Å². The maximum Gasteiger partial charge on any atom is 0.276 e. The molecule has 0 radical (unpaired) electrons. The van der Waals surface area contributed by atoms with Crippen molar-refractivity contribution in [2.75, 3.05) is 6.61 Å². The molecule has 0 spiro atoms. The molecular weight excluding hydrogens is 408 g/mol. The van der Waals surface area contributed by atoms with Gasteiger partial charge in [0.05, 0.1) is 5.92 Å². The maximum atomic E-state index is 12.3. The summed E-state index contributed by atoms with van der Waals surface area (Å²) in [7, 11) is 0. The molecule has 0 heterocycles. The molecule has 2 aromatic rings. The first-order valence-corrected chi connectivity index (χ1v) is 9.70. The fourth-order valence-corrected chi connectivity index (χ4v) is 2.78. The fraction of sp³-hybridized carbons (Fsp3) is 0.333. The molecule has 0 bridgehead atoms. The predicted octanol–water partition coefficient (Wildman–Crippen LogP) is 3.98. The van der Waals surface area contributed by atoms with Gasteiger partial charge in [0, 0.05) is 4.47 Å². The van der Waals surface area contributed by atoms with Crippen LogP contribution >= 0.6 is 15.9 Å². The molecule has 0 aliphatic heterocycles. The lowest BCUT2D eigenvalue weighted by molar-refractivity contribution is -0.130. The Labute approximate surface area is 168 Å². The van der Waals surface area contributed by atoms with Gasteiger partial charge in [-0.05, 0) is 54.7 Å². The standard InChI is InChI=1S/C21H25BrN2O3/c1-14(2)12-16-4-6-17(7-5-16)15(3)21(26)24-23-20(25)13-27-19-10-8-18(22)9-11-19/h4-11,14-15H,12-13H2,1-3H3,(H,23,25)(H,24,26). The zero-order chi connectivity index (χ0) is 19.8. The van der Waals surface area contributed by atoms with Gasteiger partial charge in [-0.2, -0.15) is 0 Å². The van der Waals surface area contributed by atoms with Gasteiger partial charge in [-0.3, -0.25) is 20.4 Å². The molecule has 0 aromatic heterocycles. The molecule has 1 atom stereocenters. The van der Waals surface area contributed by atoms with E-state index in [-0.39, 0.29) is 18.4 Å². The molecule has 0 saturated carbocycles. The van der Waals surface area contributed by atoms with Gasteiger partial charge in [-0.25, -0.2) is 0 Å². The Kier molecular flexibility index (Phi) is 7.85. The third kappa shape index (κ3) is 7.06. The average Bonchev–Trinajstić information content (AvgIpc) is 2.65. The number of carbonyl (C=O) groups is 2. The van der Waals surface area contributed by atoms with Crippen molar-refractivity contribution in [2.45, 2.75) is 33.1 Å². The summed E-state index contributed by atoms with van der Waals surface area (Å²) in [5.41, 5.74) is 6.98. The van der Waals surface area contributed by atoms with Crippen LogP contribution < -0.4 is 15.6 Å². The van der Waals surface area contributed by atoms with E-state index in [2.05, 4.69) is 40.6 Å². The van der Waals surface area contributed by atoms with E-state index >= 15 is 0 Å². The number of nitrogens with one attached hydrogen (secondary N) is 2. The second kappa shape index (κ2) is 10.1. The van der Waals surface area contributed by atoms with Crippen LogP contribution in [0.5, 0.6) is 5.75 Å². The van der Waals surface area contributed by atoms with Crippen molar-refractivity contribution >= 4 is 27.7 Å². The third-order valence-corrected chi connectivity index (χ3v) is 4.55. The number of hydrogen-bond donors (Lipinski definition) is 2. The molecule has 0 aliphatic carbocycles. The highest BCUT2D eigenvalue weighted by molar-refractivity contribution is 9.10. The number of hydrogen-bond acceptors (Lipinski definition) is 3. The van der Waals surface area contributed by atoms with Crippen molar-refractivity contribution in [2.24, 2.45) is 5.92 Å². The summed E-state index contributed by atoms with van der Waals surface area (Å²) >= 11 is 3.33. The van der Waals surface area contributed by atoms with Gasteiger partial charge >= 0.3 is 0 Å². The molecule has 144 valence electrons. The summed E-state index contributed by atoms with van der Waals surface area (Å²) in [6.45, 7) is 5.97. The molecular formula is C21H25BrN2O3. The first kappa shape index (κ1) is 21.0. The normalized spacial score (nSPS) is 11.7. The highest BCUT2D eigenvalue weighted by Gasteiger charge is 2.16. The number of amides is 2. The SMILES string of the molecule is CC(C)Cc1ccc(C(C)C(=O)NNC(=O)COc2ccc(Br)cc2)cc1. The van der Waals surface area contributed by atoms with Gasteiger partial charge < -0.3 is 4.74 Å². The highest BCUT2D eigenvalue weighted by Crippen LogP contribution is 2.18. The van der Waals surface area contributed by atoms with Crippen molar-refractivity contribution in [3.05, 3.63) is 64.1 Å². The summed E-state index contributed by atoms with van der Waals surface area (Å²) in [5, 5.41) is 0. The van der Waals surface area contributed by atoms with Gasteiger partial charge in [-0.1, -0.05) is 54.0 Å². The van der Waals surface area contributed by atoms with Crippen LogP contribution in [0.1, 0.15) is 37.8 Å². The number of ether oxygens (including phenoxy) is 1. The molecule has 27 heavy (non-hydrogen) atoms. The Morgan fingerprint density at radius 3 is 2.19 bits per heavy atom. The first-order valence-electron chi connectivity index (χ1n) is 8.91. The molecule has 6 heteroatoms. The van der Waals surface area contributed by atoms with Crippen LogP contribution in [0, 0.1) is 5.92 Å². The third-order valence-electron chi connectivity index (χ3n) is 4.03. The molecule has 2 aromatic carbocycles. The summed E-state index contributed by atoms with van der Waals surface area (Å²) in [4.78, 5) is 24.1. The van der Waals surface area contributed by atoms with Crippen molar-refractivity contribution < 1.29 is 14.3 Å². The summed E-state index contributed by atoms with van der Waals surface area (Å²) in [6, 6.07) is 15.2. The minimum Gasteiger partial charge on any atom is -0.484 e. The molecule has 2 rings (SSSR count). The number of carbonyl (C=O) groups excluding carboxylic acids is 2. The number of halogens is 1. The number of hydrazine groups is 1. The lowest BCUT2D eigenvalue weighted by Crippen LogP contribution is -2.45. The van der Waals surface area contributed by atoms with Crippen LogP contribution in [0.2, 0.25) is 0 Å². The molecule has 1 unspecified atom stereocenters. The summed E-state index contributed by atoms with van der Waals surface area (Å²) in [5.74, 6) is 0.0982. The largest absolute Gasteiger partial charge is 0.484 e. The van der Waals surface area contributed by atoms with Crippen LogP contribution in [-0.2, 0) is 16.0 Å². The van der Waals surface area contributed by atoms with Crippen LogP contribution in [-0.4, -0.2) is 18.4 Å². The number of rotatable bonds is 7.